The van der Waals surface area contributed by atoms with E-state index in [0.717, 1.165) is 12.1 Å². The number of aliphatic hydroxyl groups is 1. The van der Waals surface area contributed by atoms with E-state index in [1.807, 2.05) is 0 Å². The molecule has 1 heterocycles. The molecule has 1 aromatic carbocycles. The molecule has 1 aliphatic carbocycles. The number of nitrogens with one attached hydrogen (secondary N) is 1. The summed E-state index contributed by atoms with van der Waals surface area (Å²) in [6.45, 7) is 8.85. The van der Waals surface area contributed by atoms with Crippen molar-refractivity contribution in [1.29, 1.82) is 0 Å². The summed E-state index contributed by atoms with van der Waals surface area (Å²) in [6.07, 6.45) is -7.05. The maximum absolute atomic E-state index is 14.4. The van der Waals surface area contributed by atoms with Gasteiger partial charge in [-0.2, -0.15) is 13.2 Å². The maximum Gasteiger partial charge on any atom is 0.419 e. The molecule has 1 saturated carbocycles. The van der Waals surface area contributed by atoms with E-state index in [0.29, 0.717) is 19.2 Å². The van der Waals surface area contributed by atoms with Crippen LogP contribution in [0.2, 0.25) is 0 Å². The molecule has 2 amide bonds. The Morgan fingerprint density at radius 2 is 1.69 bits per heavy atom. The molecule has 0 bridgehead atoms. The number of benzene rings is 1. The van der Waals surface area contributed by atoms with Crippen molar-refractivity contribution in [1.82, 2.24) is 10.2 Å². The molecule has 0 radical (unpaired) electrons. The number of ether oxygens (including phenoxy) is 1. The summed E-state index contributed by atoms with van der Waals surface area (Å²) in [5, 5.41) is 13.2. The van der Waals surface area contributed by atoms with Crippen LogP contribution in [0.3, 0.4) is 0 Å². The van der Waals surface area contributed by atoms with Crippen LogP contribution in [0.5, 0.6) is 0 Å². The van der Waals surface area contributed by atoms with Crippen LogP contribution in [0.15, 0.2) is 18.2 Å². The Morgan fingerprint density at radius 1 is 1.12 bits per heavy atom. The van der Waals surface area contributed by atoms with Crippen LogP contribution in [0.25, 0.3) is 0 Å². The third-order valence-electron chi connectivity index (χ3n) is 5.91. The molecule has 3 unspecified atom stereocenters. The third-order valence-corrected chi connectivity index (χ3v) is 5.91. The fourth-order valence-electron chi connectivity index (χ4n) is 4.23. The first-order valence-electron chi connectivity index (χ1n) is 10.4. The molecule has 6 nitrogen and oxygen atoms in total. The minimum atomic E-state index is -4.90. The standard InChI is InChI=1S/C22H28F4N2O4/c1-20(2,3)32-19(31)28-9-12-13(10-28)15(12)18(30)27-21(4,5)17(29)11-7-6-8-14(16(11)23)22(24,25)26/h6-8,12-13,15,17,29H,9-10H2,1-5H3,(H,27,30). The lowest BCUT2D eigenvalue weighted by Crippen LogP contribution is -2.50. The van der Waals surface area contributed by atoms with E-state index in [-0.39, 0.29) is 23.7 Å². The minimum Gasteiger partial charge on any atom is -0.444 e. The van der Waals surface area contributed by atoms with E-state index in [2.05, 4.69) is 5.32 Å². The normalized spacial score (nSPS) is 24.1. The largest absolute Gasteiger partial charge is 0.444 e. The van der Waals surface area contributed by atoms with Crippen LogP contribution >= 0.6 is 0 Å². The van der Waals surface area contributed by atoms with E-state index in [4.69, 9.17) is 4.74 Å². The summed E-state index contributed by atoms with van der Waals surface area (Å²) in [5.41, 5.74) is -4.07. The van der Waals surface area contributed by atoms with Gasteiger partial charge < -0.3 is 20.1 Å². The number of halogens is 4. The molecule has 1 aromatic rings. The van der Waals surface area contributed by atoms with Gasteiger partial charge >= 0.3 is 12.3 Å². The van der Waals surface area contributed by atoms with Crippen molar-refractivity contribution in [3.63, 3.8) is 0 Å². The van der Waals surface area contributed by atoms with Gasteiger partial charge in [0.2, 0.25) is 5.91 Å². The van der Waals surface area contributed by atoms with Gasteiger partial charge in [-0.1, -0.05) is 12.1 Å². The van der Waals surface area contributed by atoms with Gasteiger partial charge in [0.1, 0.15) is 17.5 Å². The van der Waals surface area contributed by atoms with Gasteiger partial charge in [0, 0.05) is 24.6 Å². The number of nitrogens with zero attached hydrogens (tertiary/aromatic N) is 1. The summed E-state index contributed by atoms with van der Waals surface area (Å²) in [7, 11) is 0. The van der Waals surface area contributed by atoms with Crippen molar-refractivity contribution < 1.29 is 37.0 Å². The quantitative estimate of drug-likeness (QED) is 0.669. The summed E-state index contributed by atoms with van der Waals surface area (Å²) >= 11 is 0. The highest BCUT2D eigenvalue weighted by Gasteiger charge is 2.61. The molecule has 1 saturated heterocycles. The van der Waals surface area contributed by atoms with Crippen molar-refractivity contribution in [3.05, 3.63) is 35.1 Å². The number of carbonyl (C=O) groups is 2. The number of amides is 2. The predicted octanol–water partition coefficient (Wildman–Crippen LogP) is 3.89. The van der Waals surface area contributed by atoms with Crippen LogP contribution in [-0.4, -0.2) is 46.2 Å². The Hall–Kier alpha value is -2.36. The van der Waals surface area contributed by atoms with E-state index in [1.54, 1.807) is 25.7 Å². The highest BCUT2D eigenvalue weighted by atomic mass is 19.4. The topological polar surface area (TPSA) is 78.9 Å². The fraction of sp³-hybridized carbons (Fsp3) is 0.636. The number of carbonyl (C=O) groups excluding carboxylic acids is 2. The Bertz CT molecular complexity index is 898. The lowest BCUT2D eigenvalue weighted by Gasteiger charge is -2.33. The van der Waals surface area contributed by atoms with E-state index in [9.17, 15) is 32.3 Å². The van der Waals surface area contributed by atoms with Crippen LogP contribution in [0.1, 0.15) is 51.8 Å². The molecule has 178 valence electrons. The molecule has 0 spiro atoms. The Morgan fingerprint density at radius 3 is 2.19 bits per heavy atom. The van der Waals surface area contributed by atoms with Crippen molar-refractivity contribution in [2.24, 2.45) is 17.8 Å². The molecule has 2 aliphatic rings. The number of hydrogen-bond donors (Lipinski definition) is 2. The van der Waals surface area contributed by atoms with Crippen LogP contribution in [0.4, 0.5) is 22.4 Å². The van der Waals surface area contributed by atoms with E-state index >= 15 is 0 Å². The second kappa shape index (κ2) is 7.90. The number of hydrogen-bond acceptors (Lipinski definition) is 4. The summed E-state index contributed by atoms with van der Waals surface area (Å²) < 4.78 is 58.8. The second-order valence-electron chi connectivity index (χ2n) is 10.1. The van der Waals surface area contributed by atoms with Crippen molar-refractivity contribution >= 4 is 12.0 Å². The SMILES string of the molecule is CC(C)(C)OC(=O)N1CC2C(C1)C2C(=O)NC(C)(C)C(O)c1cccc(C(F)(F)F)c1F. The van der Waals surface area contributed by atoms with Gasteiger partial charge in [0.05, 0.1) is 11.1 Å². The van der Waals surface area contributed by atoms with Gasteiger partial charge in [-0.25, -0.2) is 9.18 Å². The molecular formula is C22H28F4N2O4. The number of aliphatic hydroxyl groups excluding tert-OH is 1. The maximum atomic E-state index is 14.4. The highest BCUT2D eigenvalue weighted by Crippen LogP contribution is 2.52. The van der Waals surface area contributed by atoms with E-state index in [1.165, 1.54) is 13.8 Å². The lowest BCUT2D eigenvalue weighted by atomic mass is 9.89. The van der Waals surface area contributed by atoms with Gasteiger partial charge in [-0.3, -0.25) is 4.79 Å². The fourth-order valence-corrected chi connectivity index (χ4v) is 4.23. The predicted molar refractivity (Wildman–Crippen MR) is 107 cm³/mol. The number of fused-ring (bicyclic) bond motifs is 1. The molecule has 10 heteroatoms. The van der Waals surface area contributed by atoms with Crippen LogP contribution in [0, 0.1) is 23.6 Å². The van der Waals surface area contributed by atoms with Crippen molar-refractivity contribution in [2.45, 2.75) is 58.0 Å². The first-order chi connectivity index (χ1) is 14.5. The van der Waals surface area contributed by atoms with Gasteiger partial charge in [0.25, 0.3) is 0 Å². The summed E-state index contributed by atoms with van der Waals surface area (Å²) in [5.74, 6) is -2.44. The van der Waals surface area contributed by atoms with Crippen molar-refractivity contribution in [3.8, 4) is 0 Å². The first-order valence-corrected chi connectivity index (χ1v) is 10.4. The number of likely N-dealkylation sites (tertiary alicyclic amines) is 1. The second-order valence-corrected chi connectivity index (χ2v) is 10.1. The summed E-state index contributed by atoms with van der Waals surface area (Å²) in [6, 6.07) is 2.67. The molecule has 3 rings (SSSR count). The third kappa shape index (κ3) is 4.84. The number of piperidine rings is 1. The van der Waals surface area contributed by atoms with Crippen LogP contribution in [-0.2, 0) is 15.7 Å². The van der Waals surface area contributed by atoms with Gasteiger partial charge in [-0.15, -0.1) is 0 Å². The highest BCUT2D eigenvalue weighted by molar-refractivity contribution is 5.84. The average molecular weight is 460 g/mol. The summed E-state index contributed by atoms with van der Waals surface area (Å²) in [4.78, 5) is 26.5. The Labute approximate surface area is 183 Å². The molecule has 32 heavy (non-hydrogen) atoms. The first kappa shape index (κ1) is 24.3. The molecule has 3 atom stereocenters. The zero-order chi connectivity index (χ0) is 24.2. The van der Waals surface area contributed by atoms with Crippen molar-refractivity contribution in [2.75, 3.05) is 13.1 Å². The van der Waals surface area contributed by atoms with E-state index < -0.39 is 46.5 Å². The minimum absolute atomic E-state index is 0.0549. The van der Waals surface area contributed by atoms with Gasteiger partial charge in [0.15, 0.2) is 0 Å². The van der Waals surface area contributed by atoms with Crippen LogP contribution < -0.4 is 5.32 Å². The zero-order valence-electron chi connectivity index (χ0n) is 18.6. The average Bonchev–Trinajstić information content (AvgIpc) is 3.13. The number of rotatable bonds is 4. The molecule has 1 aliphatic heterocycles. The Balaban J connectivity index is 1.63. The number of alkyl halides is 3. The molecule has 2 fully saturated rings. The monoisotopic (exact) mass is 460 g/mol. The molecule has 0 aromatic heterocycles. The zero-order valence-corrected chi connectivity index (χ0v) is 18.6. The Kier molecular flexibility index (Phi) is 5.99. The smallest absolute Gasteiger partial charge is 0.419 e. The molecular weight excluding hydrogens is 432 g/mol. The van der Waals surface area contributed by atoms with Gasteiger partial charge in [-0.05, 0) is 52.5 Å². The molecule has 2 N–H and O–H groups in total. The lowest BCUT2D eigenvalue weighted by molar-refractivity contribution is -0.140.